The number of sulfonamides is 1. The summed E-state index contributed by atoms with van der Waals surface area (Å²) in [5, 5.41) is 5.97. The molecule has 2 heterocycles. The van der Waals surface area contributed by atoms with Gasteiger partial charge in [0.15, 0.2) is 15.8 Å². The van der Waals surface area contributed by atoms with Gasteiger partial charge >= 0.3 is 0 Å². The summed E-state index contributed by atoms with van der Waals surface area (Å²) in [6, 6.07) is 2.80. The van der Waals surface area contributed by atoms with E-state index in [4.69, 9.17) is 11.6 Å². The molecule has 0 aromatic carbocycles. The molecule has 0 aliphatic carbocycles. The van der Waals surface area contributed by atoms with Crippen LogP contribution in [0.4, 0.5) is 0 Å². The fourth-order valence-corrected chi connectivity index (χ4v) is 6.41. The molecule has 1 unspecified atom stereocenters. The van der Waals surface area contributed by atoms with Gasteiger partial charge in [0.25, 0.3) is 0 Å². The van der Waals surface area contributed by atoms with Crippen molar-refractivity contribution < 1.29 is 16.8 Å². The van der Waals surface area contributed by atoms with Crippen LogP contribution in [-0.2, 0) is 19.9 Å². The molecule has 8 nitrogen and oxygen atoms in total. The molecule has 24 heavy (non-hydrogen) atoms. The molecule has 0 radical (unpaired) electrons. The molecule has 0 bridgehead atoms. The van der Waals surface area contributed by atoms with Crippen molar-refractivity contribution in [1.29, 1.82) is 0 Å². The third-order valence-corrected chi connectivity index (χ3v) is 8.27. The van der Waals surface area contributed by atoms with Crippen LogP contribution in [0.25, 0.3) is 0 Å². The number of hydrogen-bond donors (Lipinski definition) is 3. The summed E-state index contributed by atoms with van der Waals surface area (Å²) in [5.41, 5.74) is 0. The standard InChI is InChI=1S/C12H19ClN4O4S3/c1-14-12(17-9-4-7-23(18,19)8-9)15-5-6-16-24(20,21)11-3-2-10(13)22-11/h2-3,9,16H,4-8H2,1H3,(H2,14,15,17). The molecule has 1 fully saturated rings. The second-order valence-corrected chi connectivity index (χ2v) is 11.1. The molecule has 2 rings (SSSR count). The number of thiophene rings is 1. The van der Waals surface area contributed by atoms with Crippen molar-refractivity contribution in [3.63, 3.8) is 0 Å². The summed E-state index contributed by atoms with van der Waals surface area (Å²) in [7, 11) is -4.98. The zero-order chi connectivity index (χ0) is 17.8. The van der Waals surface area contributed by atoms with E-state index in [0.717, 1.165) is 11.3 Å². The van der Waals surface area contributed by atoms with Gasteiger partial charge in [-0.25, -0.2) is 21.6 Å². The molecular formula is C12H19ClN4O4S3. The Balaban J connectivity index is 1.76. The van der Waals surface area contributed by atoms with Gasteiger partial charge in [0, 0.05) is 26.2 Å². The first-order valence-corrected chi connectivity index (χ1v) is 11.6. The van der Waals surface area contributed by atoms with Crippen LogP contribution in [0.3, 0.4) is 0 Å². The number of guanidine groups is 1. The molecule has 3 N–H and O–H groups in total. The highest BCUT2D eigenvalue weighted by Gasteiger charge is 2.28. The number of aliphatic imine (C=N–C) groups is 1. The molecule has 1 aromatic rings. The number of nitrogens with zero attached hydrogens (tertiary/aromatic N) is 1. The van der Waals surface area contributed by atoms with Gasteiger partial charge in [0.05, 0.1) is 15.8 Å². The molecule has 0 amide bonds. The van der Waals surface area contributed by atoms with Gasteiger partial charge < -0.3 is 10.6 Å². The SMILES string of the molecule is CN=C(NCCNS(=O)(=O)c1ccc(Cl)s1)NC1CCS(=O)(=O)C1. The lowest BCUT2D eigenvalue weighted by atomic mass is 10.3. The highest BCUT2D eigenvalue weighted by atomic mass is 35.5. The topological polar surface area (TPSA) is 117 Å². The first-order valence-electron chi connectivity index (χ1n) is 7.14. The number of sulfone groups is 1. The molecular weight excluding hydrogens is 396 g/mol. The zero-order valence-electron chi connectivity index (χ0n) is 13.0. The largest absolute Gasteiger partial charge is 0.355 e. The molecule has 1 atom stereocenters. The lowest BCUT2D eigenvalue weighted by Gasteiger charge is -2.16. The molecule has 12 heteroatoms. The van der Waals surface area contributed by atoms with Crippen LogP contribution in [0.15, 0.2) is 21.3 Å². The molecule has 1 aliphatic heterocycles. The number of halogens is 1. The van der Waals surface area contributed by atoms with Crippen molar-refractivity contribution in [3.8, 4) is 0 Å². The van der Waals surface area contributed by atoms with Gasteiger partial charge in [0.2, 0.25) is 10.0 Å². The molecule has 1 aliphatic rings. The predicted octanol–water partition coefficient (Wildman–Crippen LogP) is 0.0319. The summed E-state index contributed by atoms with van der Waals surface area (Å²) in [6.45, 7) is 0.457. The predicted molar refractivity (Wildman–Crippen MR) is 96.1 cm³/mol. The summed E-state index contributed by atoms with van der Waals surface area (Å²) in [5.74, 6) is 0.695. The highest BCUT2D eigenvalue weighted by molar-refractivity contribution is 7.92. The fraction of sp³-hybridized carbons (Fsp3) is 0.583. The van der Waals surface area contributed by atoms with E-state index in [1.807, 2.05) is 0 Å². The third-order valence-electron chi connectivity index (χ3n) is 3.32. The minimum Gasteiger partial charge on any atom is -0.355 e. The van der Waals surface area contributed by atoms with E-state index in [0.29, 0.717) is 23.3 Å². The summed E-state index contributed by atoms with van der Waals surface area (Å²) in [6.07, 6.45) is 0.537. The number of hydrogen-bond acceptors (Lipinski definition) is 6. The van der Waals surface area contributed by atoms with E-state index in [-0.39, 0.29) is 28.3 Å². The minimum atomic E-state index is -3.58. The third kappa shape index (κ3) is 5.59. The average Bonchev–Trinajstić information content (AvgIpc) is 3.08. The van der Waals surface area contributed by atoms with Crippen LogP contribution in [-0.4, -0.2) is 60.5 Å². The molecule has 1 aromatic heterocycles. The Morgan fingerprint density at radius 3 is 2.71 bits per heavy atom. The van der Waals surface area contributed by atoms with Crippen molar-refractivity contribution in [1.82, 2.24) is 15.4 Å². The van der Waals surface area contributed by atoms with Crippen molar-refractivity contribution in [2.75, 3.05) is 31.6 Å². The molecule has 1 saturated heterocycles. The van der Waals surface area contributed by atoms with Gasteiger partial charge in [-0.3, -0.25) is 4.99 Å². The van der Waals surface area contributed by atoms with Gasteiger partial charge in [-0.2, -0.15) is 0 Å². The molecule has 0 spiro atoms. The average molecular weight is 415 g/mol. The second-order valence-electron chi connectivity index (χ2n) is 5.20. The first kappa shape index (κ1) is 19.4. The lowest BCUT2D eigenvalue weighted by Crippen LogP contribution is -2.46. The Morgan fingerprint density at radius 2 is 2.17 bits per heavy atom. The van der Waals surface area contributed by atoms with E-state index in [1.54, 1.807) is 7.05 Å². The monoisotopic (exact) mass is 414 g/mol. The van der Waals surface area contributed by atoms with Gasteiger partial charge in [-0.05, 0) is 18.6 Å². The van der Waals surface area contributed by atoms with Crippen LogP contribution in [0.2, 0.25) is 4.34 Å². The lowest BCUT2D eigenvalue weighted by molar-refractivity contribution is 0.581. The van der Waals surface area contributed by atoms with Crippen molar-refractivity contribution in [3.05, 3.63) is 16.5 Å². The van der Waals surface area contributed by atoms with E-state index >= 15 is 0 Å². The Bertz CT molecular complexity index is 804. The van der Waals surface area contributed by atoms with Crippen LogP contribution in [0.5, 0.6) is 0 Å². The maximum Gasteiger partial charge on any atom is 0.250 e. The normalized spacial score (nSPS) is 20.9. The van der Waals surface area contributed by atoms with E-state index < -0.39 is 19.9 Å². The zero-order valence-corrected chi connectivity index (χ0v) is 16.2. The van der Waals surface area contributed by atoms with Gasteiger partial charge in [-0.1, -0.05) is 11.6 Å². The summed E-state index contributed by atoms with van der Waals surface area (Å²) < 4.78 is 49.9. The maximum atomic E-state index is 12.0. The maximum absolute atomic E-state index is 12.0. The quantitative estimate of drug-likeness (QED) is 0.343. The van der Waals surface area contributed by atoms with Gasteiger partial charge in [-0.15, -0.1) is 11.3 Å². The smallest absolute Gasteiger partial charge is 0.250 e. The Labute approximate surface area is 150 Å². The Kier molecular flexibility index (Phi) is 6.48. The highest BCUT2D eigenvalue weighted by Crippen LogP contribution is 2.25. The van der Waals surface area contributed by atoms with Crippen LogP contribution < -0.4 is 15.4 Å². The second kappa shape index (κ2) is 8.00. The number of rotatable bonds is 6. The molecule has 136 valence electrons. The van der Waals surface area contributed by atoms with E-state index in [2.05, 4.69) is 20.3 Å². The first-order chi connectivity index (χ1) is 11.2. The van der Waals surface area contributed by atoms with Crippen LogP contribution in [0.1, 0.15) is 6.42 Å². The summed E-state index contributed by atoms with van der Waals surface area (Å²) >= 11 is 6.72. The van der Waals surface area contributed by atoms with E-state index in [9.17, 15) is 16.8 Å². The van der Waals surface area contributed by atoms with Crippen LogP contribution >= 0.6 is 22.9 Å². The van der Waals surface area contributed by atoms with Crippen molar-refractivity contribution in [2.45, 2.75) is 16.7 Å². The van der Waals surface area contributed by atoms with E-state index in [1.165, 1.54) is 12.1 Å². The van der Waals surface area contributed by atoms with Gasteiger partial charge in [0.1, 0.15) is 4.21 Å². The molecule has 0 saturated carbocycles. The summed E-state index contributed by atoms with van der Waals surface area (Å²) in [4.78, 5) is 4.00. The van der Waals surface area contributed by atoms with Crippen LogP contribution in [0, 0.1) is 0 Å². The Hall–Kier alpha value is -0.880. The fourth-order valence-electron chi connectivity index (χ4n) is 2.18. The Morgan fingerprint density at radius 1 is 1.42 bits per heavy atom. The van der Waals surface area contributed by atoms with Crippen molar-refractivity contribution in [2.24, 2.45) is 4.99 Å². The van der Waals surface area contributed by atoms with Crippen molar-refractivity contribution >= 4 is 48.8 Å². The number of nitrogens with one attached hydrogen (secondary N) is 3. The minimum absolute atomic E-state index is 0.0828.